The molecule has 10 heteroatoms. The van der Waals surface area contributed by atoms with E-state index in [0.29, 0.717) is 5.69 Å². The Morgan fingerprint density at radius 3 is 2.45 bits per heavy atom. The molecule has 1 heterocycles. The van der Waals surface area contributed by atoms with E-state index in [9.17, 15) is 14.4 Å². The Bertz CT molecular complexity index is 514. The Morgan fingerprint density at radius 1 is 1.30 bits per heavy atom. The number of amides is 1. The second-order valence-electron chi connectivity index (χ2n) is 4.05. The smallest absolute Gasteiger partial charge is 0.405 e. The van der Waals surface area contributed by atoms with E-state index >= 15 is 0 Å². The molecular weight excluding hydrogens is 272 g/mol. The van der Waals surface area contributed by atoms with E-state index in [1.807, 2.05) is 5.32 Å². The fourth-order valence-electron chi connectivity index (χ4n) is 1.48. The number of carboxylic acid groups (broad SMARTS) is 3. The Kier molecular flexibility index (Phi) is 5.03. The molecule has 0 aliphatic heterocycles. The first-order valence-corrected chi connectivity index (χ1v) is 5.51. The fraction of sp³-hybridized carbons (Fsp3) is 0.400. The highest BCUT2D eigenvalue weighted by molar-refractivity contribution is 5.79. The van der Waals surface area contributed by atoms with Crippen molar-refractivity contribution >= 4 is 18.0 Å². The molecule has 0 unspecified atom stereocenters. The van der Waals surface area contributed by atoms with Crippen molar-refractivity contribution in [2.75, 3.05) is 0 Å². The van der Waals surface area contributed by atoms with Crippen LogP contribution in [-0.4, -0.2) is 55.0 Å². The molecule has 0 radical (unpaired) electrons. The molecule has 0 bridgehead atoms. The van der Waals surface area contributed by atoms with Crippen molar-refractivity contribution in [3.05, 3.63) is 18.2 Å². The monoisotopic (exact) mass is 286 g/mol. The molecule has 1 aromatic rings. The van der Waals surface area contributed by atoms with E-state index in [1.54, 1.807) is 0 Å². The molecule has 0 aliphatic carbocycles. The molecule has 1 amide bonds. The minimum Gasteiger partial charge on any atom is -0.480 e. The van der Waals surface area contributed by atoms with Gasteiger partial charge in [-0.3, -0.25) is 4.79 Å². The van der Waals surface area contributed by atoms with Crippen molar-refractivity contribution in [2.24, 2.45) is 5.73 Å². The van der Waals surface area contributed by atoms with Gasteiger partial charge in [0.2, 0.25) is 0 Å². The Labute approximate surface area is 112 Å². The highest BCUT2D eigenvalue weighted by atomic mass is 16.4. The average molecular weight is 286 g/mol. The summed E-state index contributed by atoms with van der Waals surface area (Å²) in [5.41, 5.74) is 5.65. The number of nitrogens with zero attached hydrogens (tertiary/aromatic N) is 2. The number of nitrogens with one attached hydrogen (secondary N) is 1. The minimum absolute atomic E-state index is 0.0214. The third-order valence-electron chi connectivity index (χ3n) is 2.42. The van der Waals surface area contributed by atoms with Gasteiger partial charge in [0.15, 0.2) is 0 Å². The van der Waals surface area contributed by atoms with Gasteiger partial charge in [-0.1, -0.05) is 0 Å². The number of aliphatic carboxylic acids is 2. The van der Waals surface area contributed by atoms with Crippen LogP contribution in [0.2, 0.25) is 0 Å². The van der Waals surface area contributed by atoms with Crippen LogP contribution >= 0.6 is 0 Å². The van der Waals surface area contributed by atoms with Crippen LogP contribution in [0.4, 0.5) is 4.79 Å². The number of hydrogen-bond donors (Lipinski definition) is 5. The van der Waals surface area contributed by atoms with Gasteiger partial charge in [0.1, 0.15) is 12.1 Å². The minimum atomic E-state index is -1.45. The third kappa shape index (κ3) is 4.57. The van der Waals surface area contributed by atoms with E-state index in [1.165, 1.54) is 17.1 Å². The van der Waals surface area contributed by atoms with Gasteiger partial charge < -0.3 is 30.9 Å². The molecule has 1 rings (SSSR count). The summed E-state index contributed by atoms with van der Waals surface area (Å²) in [4.78, 5) is 35.8. The lowest BCUT2D eigenvalue weighted by atomic mass is 10.2. The van der Waals surface area contributed by atoms with Crippen molar-refractivity contribution in [2.45, 2.75) is 25.0 Å². The van der Waals surface area contributed by atoms with Crippen LogP contribution in [0.3, 0.4) is 0 Å². The summed E-state index contributed by atoms with van der Waals surface area (Å²) >= 11 is 0. The van der Waals surface area contributed by atoms with Crippen molar-refractivity contribution in [1.82, 2.24) is 14.9 Å². The van der Waals surface area contributed by atoms with E-state index in [-0.39, 0.29) is 13.0 Å². The van der Waals surface area contributed by atoms with Crippen LogP contribution in [-0.2, 0) is 22.6 Å². The maximum absolute atomic E-state index is 10.9. The molecule has 0 saturated heterocycles. The van der Waals surface area contributed by atoms with Gasteiger partial charge in [-0.05, 0) is 0 Å². The largest absolute Gasteiger partial charge is 0.480 e. The lowest BCUT2D eigenvalue weighted by Crippen LogP contribution is -2.41. The summed E-state index contributed by atoms with van der Waals surface area (Å²) in [6, 6.07) is -2.44. The zero-order valence-corrected chi connectivity index (χ0v) is 10.3. The van der Waals surface area contributed by atoms with Crippen LogP contribution < -0.4 is 11.1 Å². The zero-order valence-electron chi connectivity index (χ0n) is 10.3. The number of nitrogens with two attached hydrogens (primary N) is 1. The number of rotatable bonds is 7. The average Bonchev–Trinajstić information content (AvgIpc) is 2.74. The predicted molar refractivity (Wildman–Crippen MR) is 64.1 cm³/mol. The van der Waals surface area contributed by atoms with Crippen molar-refractivity contribution < 1.29 is 29.7 Å². The summed E-state index contributed by atoms with van der Waals surface area (Å²) in [5.74, 6) is -2.50. The second kappa shape index (κ2) is 6.52. The van der Waals surface area contributed by atoms with Gasteiger partial charge in [0, 0.05) is 19.2 Å². The lowest BCUT2D eigenvalue weighted by Gasteiger charge is -2.10. The van der Waals surface area contributed by atoms with E-state index in [0.717, 1.165) is 0 Å². The molecule has 20 heavy (non-hydrogen) atoms. The quantitative estimate of drug-likeness (QED) is 0.406. The topological polar surface area (TPSA) is 168 Å². The Balaban J connectivity index is 2.68. The number of carbonyl (C=O) groups is 3. The first-order chi connectivity index (χ1) is 9.29. The number of carboxylic acids is 2. The van der Waals surface area contributed by atoms with Crippen LogP contribution in [0.15, 0.2) is 12.5 Å². The molecule has 6 N–H and O–H groups in total. The fourth-order valence-corrected chi connectivity index (χ4v) is 1.48. The van der Waals surface area contributed by atoms with Gasteiger partial charge in [-0.15, -0.1) is 0 Å². The number of hydrogen-bond acceptors (Lipinski definition) is 5. The SMILES string of the molecule is N[C@H](Cn1cnc(C[C@H](NC(=O)O)C(=O)O)c1)C(=O)O. The first kappa shape index (κ1) is 15.4. The predicted octanol–water partition coefficient (Wildman–Crippen LogP) is -1.44. The Hall–Kier alpha value is -2.62. The van der Waals surface area contributed by atoms with Crippen LogP contribution in [0.5, 0.6) is 0 Å². The molecule has 2 atom stereocenters. The molecule has 110 valence electrons. The molecule has 10 nitrogen and oxygen atoms in total. The summed E-state index contributed by atoms with van der Waals surface area (Å²) < 4.78 is 1.40. The van der Waals surface area contributed by atoms with Gasteiger partial charge in [-0.2, -0.15) is 0 Å². The molecule has 0 spiro atoms. The lowest BCUT2D eigenvalue weighted by molar-refractivity contribution is -0.140. The number of imidazole rings is 1. The maximum Gasteiger partial charge on any atom is 0.405 e. The molecule has 0 aromatic carbocycles. The highest BCUT2D eigenvalue weighted by Crippen LogP contribution is 2.03. The van der Waals surface area contributed by atoms with E-state index < -0.39 is 30.1 Å². The van der Waals surface area contributed by atoms with Crippen LogP contribution in [0, 0.1) is 0 Å². The van der Waals surface area contributed by atoms with Gasteiger partial charge in [0.25, 0.3) is 0 Å². The van der Waals surface area contributed by atoms with E-state index in [4.69, 9.17) is 21.1 Å². The summed E-state index contributed by atoms with van der Waals surface area (Å²) in [7, 11) is 0. The van der Waals surface area contributed by atoms with Crippen LogP contribution in [0.25, 0.3) is 0 Å². The molecule has 0 fully saturated rings. The maximum atomic E-state index is 10.9. The second-order valence-corrected chi connectivity index (χ2v) is 4.05. The standard InChI is InChI=1S/C10H14N4O6/c11-6(8(15)16)3-14-2-5(12-4-14)1-7(9(17)18)13-10(19)20/h2,4,6-7,13H,1,3,11H2,(H,15,16)(H,17,18)(H,19,20)/t6-,7+/m1/s1. The van der Waals surface area contributed by atoms with E-state index in [2.05, 4.69) is 4.98 Å². The molecular formula is C10H14N4O6. The van der Waals surface area contributed by atoms with Crippen LogP contribution in [0.1, 0.15) is 5.69 Å². The molecule has 0 saturated carbocycles. The highest BCUT2D eigenvalue weighted by Gasteiger charge is 2.21. The first-order valence-electron chi connectivity index (χ1n) is 5.51. The van der Waals surface area contributed by atoms with Crippen molar-refractivity contribution in [3.63, 3.8) is 0 Å². The molecule has 1 aromatic heterocycles. The zero-order chi connectivity index (χ0) is 15.3. The van der Waals surface area contributed by atoms with Crippen molar-refractivity contribution in [1.29, 1.82) is 0 Å². The third-order valence-corrected chi connectivity index (χ3v) is 2.42. The van der Waals surface area contributed by atoms with Gasteiger partial charge >= 0.3 is 18.0 Å². The summed E-state index contributed by atoms with van der Waals surface area (Å²) in [5, 5.41) is 27.9. The van der Waals surface area contributed by atoms with Gasteiger partial charge in [0.05, 0.1) is 12.0 Å². The Morgan fingerprint density at radius 2 is 1.95 bits per heavy atom. The number of aromatic nitrogens is 2. The van der Waals surface area contributed by atoms with Crippen molar-refractivity contribution in [3.8, 4) is 0 Å². The summed E-state index contributed by atoms with van der Waals surface area (Å²) in [6.07, 6.45) is 1.11. The molecule has 0 aliphatic rings. The van der Waals surface area contributed by atoms with Gasteiger partial charge in [-0.25, -0.2) is 14.6 Å². The summed E-state index contributed by atoms with van der Waals surface area (Å²) in [6.45, 7) is -0.0214. The normalized spacial score (nSPS) is 13.4.